The Labute approximate surface area is 241 Å². The zero-order chi connectivity index (χ0) is 32.6. The molecule has 238 valence electrons. The van der Waals surface area contributed by atoms with Gasteiger partial charge in [-0.3, -0.25) is 33.6 Å². The highest BCUT2D eigenvalue weighted by molar-refractivity contribution is 5.94. The van der Waals surface area contributed by atoms with Crippen LogP contribution in [0.15, 0.2) is 0 Å². The molecule has 0 aliphatic rings. The molecule has 0 aromatic heterocycles. The number of aliphatic hydroxyl groups is 1. The highest BCUT2D eigenvalue weighted by atomic mass is 16.4. The summed E-state index contributed by atoms with van der Waals surface area (Å²) in [5.74, 6) is -8.24. The van der Waals surface area contributed by atoms with Crippen LogP contribution >= 0.6 is 0 Å². The smallest absolute Gasteiger partial charge is 0.326 e. The van der Waals surface area contributed by atoms with Crippen molar-refractivity contribution in [1.29, 1.82) is 0 Å². The molecule has 0 aromatic carbocycles. The Kier molecular flexibility index (Phi) is 17.0. The van der Waals surface area contributed by atoms with Crippen molar-refractivity contribution in [2.45, 2.75) is 83.1 Å². The normalized spacial score (nSPS) is 15.0. The van der Waals surface area contributed by atoms with Crippen molar-refractivity contribution in [3.8, 4) is 0 Å². The van der Waals surface area contributed by atoms with Gasteiger partial charge in [-0.05, 0) is 25.7 Å². The van der Waals surface area contributed by atoms with Gasteiger partial charge in [-0.15, -0.1) is 0 Å². The molecule has 0 saturated carbocycles. The molecule has 6 atom stereocenters. The highest BCUT2D eigenvalue weighted by Crippen LogP contribution is 2.09. The first-order valence-electron chi connectivity index (χ1n) is 13.1. The molecule has 0 bridgehead atoms. The molecule has 6 unspecified atom stereocenters. The first-order valence-corrected chi connectivity index (χ1v) is 13.1. The summed E-state index contributed by atoms with van der Waals surface area (Å²) in [6, 6.07) is -5.31. The zero-order valence-corrected chi connectivity index (χ0v) is 23.7. The molecule has 0 saturated heterocycles. The Hall–Kier alpha value is -4.32. The lowest BCUT2D eigenvalue weighted by atomic mass is 9.97. The number of nitrogens with one attached hydrogen (secondary N) is 5. The zero-order valence-electron chi connectivity index (χ0n) is 23.7. The van der Waals surface area contributed by atoms with Crippen molar-refractivity contribution in [3.63, 3.8) is 0 Å². The van der Waals surface area contributed by atoms with E-state index in [1.54, 1.807) is 13.8 Å². The number of carboxylic acid groups (broad SMARTS) is 2. The van der Waals surface area contributed by atoms with Crippen LogP contribution in [0.4, 0.5) is 0 Å². The van der Waals surface area contributed by atoms with Crippen LogP contribution < -0.4 is 38.1 Å². The second-order valence-corrected chi connectivity index (χ2v) is 9.59. The van der Waals surface area contributed by atoms with Crippen LogP contribution in [0.2, 0.25) is 0 Å². The Morgan fingerprint density at radius 2 is 1.24 bits per heavy atom. The number of primary amides is 1. The van der Waals surface area contributed by atoms with E-state index >= 15 is 0 Å². The maximum absolute atomic E-state index is 12.7. The summed E-state index contributed by atoms with van der Waals surface area (Å²) in [4.78, 5) is 95.3. The molecular formula is C24H41N7O11. The number of hydrogen-bond acceptors (Lipinski definition) is 10. The minimum Gasteiger partial charge on any atom is -0.481 e. The quantitative estimate of drug-likeness (QED) is 0.0631. The SMILES string of the molecule is CCC(C)C(NC(=O)C(N)C(C)O)C(=O)NCC(=O)NC(CCC(=O)O)C(=O)NCC(=O)NC(CCC(N)=O)C(=O)O. The molecule has 0 fully saturated rings. The lowest BCUT2D eigenvalue weighted by Crippen LogP contribution is -2.57. The average molecular weight is 604 g/mol. The van der Waals surface area contributed by atoms with E-state index in [0.717, 1.165) is 0 Å². The number of aliphatic carboxylic acids is 2. The first kappa shape index (κ1) is 37.7. The third-order valence-electron chi connectivity index (χ3n) is 6.07. The second kappa shape index (κ2) is 18.9. The fraction of sp³-hybridized carbons (Fsp3) is 0.667. The molecule has 0 aromatic rings. The van der Waals surface area contributed by atoms with E-state index in [1.165, 1.54) is 6.92 Å². The summed E-state index contributed by atoms with van der Waals surface area (Å²) < 4.78 is 0. The molecule has 0 rings (SSSR count). The lowest BCUT2D eigenvalue weighted by molar-refractivity contribution is -0.142. The largest absolute Gasteiger partial charge is 0.481 e. The molecule has 6 amide bonds. The molecule has 0 radical (unpaired) electrons. The Bertz CT molecular complexity index is 1010. The third-order valence-corrected chi connectivity index (χ3v) is 6.07. The van der Waals surface area contributed by atoms with Gasteiger partial charge in [0.15, 0.2) is 0 Å². The van der Waals surface area contributed by atoms with E-state index in [1.807, 2.05) is 0 Å². The van der Waals surface area contributed by atoms with Gasteiger partial charge < -0.3 is 53.4 Å². The minimum absolute atomic E-state index is 0.289. The summed E-state index contributed by atoms with van der Waals surface area (Å²) in [7, 11) is 0. The predicted molar refractivity (Wildman–Crippen MR) is 144 cm³/mol. The topological polar surface area (TPSA) is 309 Å². The molecule has 18 nitrogen and oxygen atoms in total. The lowest BCUT2D eigenvalue weighted by Gasteiger charge is -2.26. The van der Waals surface area contributed by atoms with Gasteiger partial charge in [0.05, 0.1) is 19.2 Å². The van der Waals surface area contributed by atoms with Gasteiger partial charge in [-0.2, -0.15) is 0 Å². The van der Waals surface area contributed by atoms with E-state index in [0.29, 0.717) is 6.42 Å². The predicted octanol–water partition coefficient (Wildman–Crippen LogP) is -4.36. The minimum atomic E-state index is -1.46. The second-order valence-electron chi connectivity index (χ2n) is 9.59. The number of carbonyl (C=O) groups is 8. The van der Waals surface area contributed by atoms with Gasteiger partial charge in [0.2, 0.25) is 35.4 Å². The van der Waals surface area contributed by atoms with Gasteiger partial charge in [0.25, 0.3) is 0 Å². The number of carbonyl (C=O) groups excluding carboxylic acids is 6. The molecule has 12 N–H and O–H groups in total. The summed E-state index contributed by atoms with van der Waals surface area (Å²) in [6.45, 7) is 3.32. The molecule has 0 aliphatic carbocycles. The number of aliphatic hydroxyl groups excluding tert-OH is 1. The van der Waals surface area contributed by atoms with Crippen molar-refractivity contribution in [1.82, 2.24) is 26.6 Å². The fourth-order valence-electron chi connectivity index (χ4n) is 3.31. The first-order chi connectivity index (χ1) is 19.5. The van der Waals surface area contributed by atoms with Crippen LogP contribution in [0.5, 0.6) is 0 Å². The monoisotopic (exact) mass is 603 g/mol. The van der Waals surface area contributed by atoms with E-state index < -0.39 is 103 Å². The average Bonchev–Trinajstić information content (AvgIpc) is 2.91. The fourth-order valence-corrected chi connectivity index (χ4v) is 3.31. The van der Waals surface area contributed by atoms with Crippen LogP contribution in [0, 0.1) is 5.92 Å². The summed E-state index contributed by atoms with van der Waals surface area (Å²) in [5.41, 5.74) is 10.6. The molecule has 0 heterocycles. The molecular weight excluding hydrogens is 562 g/mol. The van der Waals surface area contributed by atoms with Crippen LogP contribution in [0.1, 0.15) is 52.9 Å². The summed E-state index contributed by atoms with van der Waals surface area (Å²) in [6.07, 6.45) is -2.26. The summed E-state index contributed by atoms with van der Waals surface area (Å²) in [5, 5.41) is 38.9. The van der Waals surface area contributed by atoms with E-state index in [-0.39, 0.29) is 19.3 Å². The van der Waals surface area contributed by atoms with E-state index in [2.05, 4.69) is 26.6 Å². The number of hydrogen-bond donors (Lipinski definition) is 10. The number of carboxylic acids is 2. The Morgan fingerprint density at radius 3 is 1.69 bits per heavy atom. The molecule has 18 heteroatoms. The molecule has 42 heavy (non-hydrogen) atoms. The number of nitrogens with two attached hydrogens (primary N) is 2. The third kappa shape index (κ3) is 14.9. The van der Waals surface area contributed by atoms with Crippen molar-refractivity contribution in [2.75, 3.05) is 13.1 Å². The summed E-state index contributed by atoms with van der Waals surface area (Å²) >= 11 is 0. The van der Waals surface area contributed by atoms with Crippen molar-refractivity contribution in [3.05, 3.63) is 0 Å². The number of rotatable bonds is 20. The van der Waals surface area contributed by atoms with Gasteiger partial charge in [-0.25, -0.2) is 4.79 Å². The van der Waals surface area contributed by atoms with Crippen LogP contribution in [-0.2, 0) is 38.4 Å². The molecule has 0 aliphatic heterocycles. The van der Waals surface area contributed by atoms with Gasteiger partial charge >= 0.3 is 11.9 Å². The van der Waals surface area contributed by atoms with Crippen molar-refractivity contribution < 1.29 is 53.7 Å². The van der Waals surface area contributed by atoms with Crippen LogP contribution in [-0.4, -0.2) is 106 Å². The van der Waals surface area contributed by atoms with E-state index in [9.17, 15) is 43.5 Å². The Balaban J connectivity index is 5.23. The maximum Gasteiger partial charge on any atom is 0.326 e. The highest BCUT2D eigenvalue weighted by Gasteiger charge is 2.30. The standard InChI is InChI=1S/C24H41N7O11/c1-4-11(2)20(31-22(39)19(26)12(3)32)23(40)28-10-16(34)29-13(6-8-18(36)37)21(38)27-9-17(35)30-14(24(41)42)5-7-15(25)33/h11-14,19-20,32H,4-10,26H2,1-3H3,(H2,25,33)(H,27,38)(H,28,40)(H,29,34)(H,30,35)(H,31,39)(H,36,37)(H,41,42). The van der Waals surface area contributed by atoms with Gasteiger partial charge in [0.1, 0.15) is 24.2 Å². The molecule has 0 spiro atoms. The number of amides is 6. The maximum atomic E-state index is 12.7. The van der Waals surface area contributed by atoms with Gasteiger partial charge in [0, 0.05) is 12.8 Å². The van der Waals surface area contributed by atoms with Crippen molar-refractivity contribution >= 4 is 47.4 Å². The van der Waals surface area contributed by atoms with E-state index in [4.69, 9.17) is 21.7 Å². The van der Waals surface area contributed by atoms with Crippen molar-refractivity contribution in [2.24, 2.45) is 17.4 Å². The van der Waals surface area contributed by atoms with Crippen LogP contribution in [0.3, 0.4) is 0 Å². The Morgan fingerprint density at radius 1 is 0.738 bits per heavy atom. The van der Waals surface area contributed by atoms with Crippen LogP contribution in [0.25, 0.3) is 0 Å². The van der Waals surface area contributed by atoms with Gasteiger partial charge in [-0.1, -0.05) is 20.3 Å².